The van der Waals surface area contributed by atoms with Crippen LogP contribution in [-0.4, -0.2) is 23.6 Å². The Hall–Kier alpha value is -2.82. The van der Waals surface area contributed by atoms with Crippen molar-refractivity contribution >= 4 is 17.3 Å². The van der Waals surface area contributed by atoms with Gasteiger partial charge in [0.05, 0.1) is 23.5 Å². The summed E-state index contributed by atoms with van der Waals surface area (Å²) in [4.78, 5) is 16.2. The van der Waals surface area contributed by atoms with Crippen LogP contribution in [0.25, 0.3) is 0 Å². The second-order valence-electron chi connectivity index (χ2n) is 6.82. The van der Waals surface area contributed by atoms with Crippen LogP contribution in [0.3, 0.4) is 0 Å². The van der Waals surface area contributed by atoms with Gasteiger partial charge in [0, 0.05) is 25.0 Å². The summed E-state index contributed by atoms with van der Waals surface area (Å²) < 4.78 is 5.15. The number of anilines is 2. The quantitative estimate of drug-likeness (QED) is 0.410. The fraction of sp³-hybridized carbons (Fsp3) is 0.391. The molecule has 1 aromatic heterocycles. The molecule has 1 aromatic carbocycles. The van der Waals surface area contributed by atoms with Gasteiger partial charge in [-0.25, -0.2) is 4.79 Å². The second kappa shape index (κ2) is 11.1. The molecule has 0 aliphatic heterocycles. The van der Waals surface area contributed by atoms with Crippen molar-refractivity contribution < 1.29 is 9.53 Å². The van der Waals surface area contributed by atoms with Gasteiger partial charge in [0.25, 0.3) is 0 Å². The van der Waals surface area contributed by atoms with Crippen molar-refractivity contribution in [3.05, 3.63) is 66.5 Å². The maximum atomic E-state index is 12.2. The number of carbonyl (C=O) groups excluding carboxylic acids is 1. The largest absolute Gasteiger partial charge is 0.462 e. The molecule has 5 heteroatoms. The van der Waals surface area contributed by atoms with E-state index in [0.717, 1.165) is 29.8 Å². The van der Waals surface area contributed by atoms with E-state index in [1.54, 1.807) is 18.5 Å². The highest BCUT2D eigenvalue weighted by Gasteiger charge is 2.17. The predicted molar refractivity (Wildman–Crippen MR) is 116 cm³/mol. The number of hydrogen-bond acceptors (Lipinski definition) is 5. The summed E-state index contributed by atoms with van der Waals surface area (Å²) in [5, 5.41) is 7.05. The average molecular weight is 382 g/mol. The van der Waals surface area contributed by atoms with Crippen LogP contribution in [-0.2, 0) is 11.3 Å². The van der Waals surface area contributed by atoms with Gasteiger partial charge in [0.15, 0.2) is 0 Å². The fourth-order valence-electron chi connectivity index (χ4n) is 3.16. The summed E-state index contributed by atoms with van der Waals surface area (Å²) in [7, 11) is 0. The average Bonchev–Trinajstić information content (AvgIpc) is 2.72. The number of nitrogens with zero attached hydrogens (tertiary/aromatic N) is 1. The SMILES string of the molecule is C=CCC(CC)C(C)Nc1ccc(C(=O)OCC)cc1NCc1ccncc1. The molecule has 150 valence electrons. The molecule has 0 spiro atoms. The summed E-state index contributed by atoms with van der Waals surface area (Å²) in [6, 6.07) is 9.81. The van der Waals surface area contributed by atoms with Crippen molar-refractivity contribution in [3.8, 4) is 0 Å². The lowest BCUT2D eigenvalue weighted by Crippen LogP contribution is -2.25. The molecule has 0 fully saturated rings. The van der Waals surface area contributed by atoms with Crippen molar-refractivity contribution in [2.75, 3.05) is 17.2 Å². The number of aromatic nitrogens is 1. The topological polar surface area (TPSA) is 63.2 Å². The third kappa shape index (κ3) is 6.12. The lowest BCUT2D eigenvalue weighted by Gasteiger charge is -2.25. The molecule has 2 rings (SSSR count). The van der Waals surface area contributed by atoms with Crippen LogP contribution in [0, 0.1) is 5.92 Å². The molecule has 0 saturated carbocycles. The molecule has 2 unspecified atom stereocenters. The Kier molecular flexibility index (Phi) is 8.53. The van der Waals surface area contributed by atoms with Gasteiger partial charge in [0.1, 0.15) is 0 Å². The monoisotopic (exact) mass is 381 g/mol. The van der Waals surface area contributed by atoms with E-state index in [0.29, 0.717) is 24.6 Å². The smallest absolute Gasteiger partial charge is 0.338 e. The number of ether oxygens (including phenoxy) is 1. The minimum absolute atomic E-state index is 0.276. The Labute approximate surface area is 168 Å². The van der Waals surface area contributed by atoms with E-state index in [9.17, 15) is 4.79 Å². The van der Waals surface area contributed by atoms with Gasteiger partial charge in [0.2, 0.25) is 0 Å². The second-order valence-corrected chi connectivity index (χ2v) is 6.82. The predicted octanol–water partition coefficient (Wildman–Crippen LogP) is 5.27. The first-order chi connectivity index (χ1) is 13.6. The van der Waals surface area contributed by atoms with E-state index < -0.39 is 0 Å². The first kappa shape index (κ1) is 21.5. The Morgan fingerprint density at radius 2 is 1.96 bits per heavy atom. The molecule has 0 saturated heterocycles. The highest BCUT2D eigenvalue weighted by molar-refractivity contribution is 5.92. The molecule has 0 amide bonds. The third-order valence-corrected chi connectivity index (χ3v) is 4.85. The molecule has 0 aliphatic rings. The maximum absolute atomic E-state index is 12.2. The molecule has 0 radical (unpaired) electrons. The zero-order chi connectivity index (χ0) is 20.4. The summed E-state index contributed by atoms with van der Waals surface area (Å²) in [5.41, 5.74) is 3.50. The molecule has 2 atom stereocenters. The summed E-state index contributed by atoms with van der Waals surface area (Å²) in [6.45, 7) is 11.1. The number of benzene rings is 1. The molecule has 28 heavy (non-hydrogen) atoms. The fourth-order valence-corrected chi connectivity index (χ4v) is 3.16. The molecule has 5 nitrogen and oxygen atoms in total. The normalized spacial score (nSPS) is 12.7. The molecule has 0 aliphatic carbocycles. The van der Waals surface area contributed by atoms with E-state index in [1.165, 1.54) is 0 Å². The number of esters is 1. The molecular weight excluding hydrogens is 350 g/mol. The van der Waals surface area contributed by atoms with Crippen molar-refractivity contribution in [3.63, 3.8) is 0 Å². The van der Waals surface area contributed by atoms with Gasteiger partial charge in [-0.15, -0.1) is 6.58 Å². The van der Waals surface area contributed by atoms with Gasteiger partial charge in [-0.2, -0.15) is 0 Å². The van der Waals surface area contributed by atoms with Crippen LogP contribution in [0.15, 0.2) is 55.4 Å². The first-order valence-corrected chi connectivity index (χ1v) is 9.90. The molecule has 1 heterocycles. The Bertz CT molecular complexity index is 762. The van der Waals surface area contributed by atoms with Gasteiger partial charge in [-0.3, -0.25) is 4.98 Å². The Morgan fingerprint density at radius 1 is 1.21 bits per heavy atom. The van der Waals surface area contributed by atoms with E-state index in [4.69, 9.17) is 4.74 Å². The molecule has 0 bridgehead atoms. The number of hydrogen-bond donors (Lipinski definition) is 2. The van der Waals surface area contributed by atoms with Crippen LogP contribution >= 0.6 is 0 Å². The van der Waals surface area contributed by atoms with Gasteiger partial charge >= 0.3 is 5.97 Å². The van der Waals surface area contributed by atoms with E-state index in [-0.39, 0.29) is 12.0 Å². The van der Waals surface area contributed by atoms with Crippen LogP contribution < -0.4 is 10.6 Å². The summed E-state index contributed by atoms with van der Waals surface area (Å²) in [6.07, 6.45) is 7.55. The van der Waals surface area contributed by atoms with Crippen LogP contribution in [0.4, 0.5) is 11.4 Å². The highest BCUT2D eigenvalue weighted by Crippen LogP contribution is 2.27. The summed E-state index contributed by atoms with van der Waals surface area (Å²) >= 11 is 0. The van der Waals surface area contributed by atoms with Crippen molar-refractivity contribution in [2.24, 2.45) is 5.92 Å². The highest BCUT2D eigenvalue weighted by atomic mass is 16.5. The minimum Gasteiger partial charge on any atom is -0.462 e. The lowest BCUT2D eigenvalue weighted by molar-refractivity contribution is 0.0526. The Morgan fingerprint density at radius 3 is 2.61 bits per heavy atom. The molecule has 2 aromatic rings. The molecule has 2 N–H and O–H groups in total. The minimum atomic E-state index is -0.313. The van der Waals surface area contributed by atoms with E-state index in [1.807, 2.05) is 37.3 Å². The number of rotatable bonds is 11. The zero-order valence-corrected chi connectivity index (χ0v) is 17.1. The van der Waals surface area contributed by atoms with Crippen LogP contribution in [0.5, 0.6) is 0 Å². The van der Waals surface area contributed by atoms with Gasteiger partial charge < -0.3 is 15.4 Å². The number of pyridine rings is 1. The zero-order valence-electron chi connectivity index (χ0n) is 17.1. The Balaban J connectivity index is 2.23. The molecular formula is C23H31N3O2. The van der Waals surface area contributed by atoms with Gasteiger partial charge in [-0.05, 0) is 62.1 Å². The van der Waals surface area contributed by atoms with Gasteiger partial charge in [-0.1, -0.05) is 19.4 Å². The van der Waals surface area contributed by atoms with E-state index >= 15 is 0 Å². The first-order valence-electron chi connectivity index (χ1n) is 9.90. The van der Waals surface area contributed by atoms with E-state index in [2.05, 4.69) is 36.0 Å². The maximum Gasteiger partial charge on any atom is 0.338 e. The third-order valence-electron chi connectivity index (χ3n) is 4.85. The number of carbonyl (C=O) groups is 1. The summed E-state index contributed by atoms with van der Waals surface area (Å²) in [5.74, 6) is 0.183. The van der Waals surface area contributed by atoms with Crippen LogP contribution in [0.1, 0.15) is 49.5 Å². The van der Waals surface area contributed by atoms with Crippen molar-refractivity contribution in [1.29, 1.82) is 0 Å². The number of nitrogens with one attached hydrogen (secondary N) is 2. The van der Waals surface area contributed by atoms with Crippen molar-refractivity contribution in [2.45, 2.75) is 46.2 Å². The standard InChI is InChI=1S/C23H31N3O2/c1-5-8-19(6-2)17(4)26-21-10-9-20(23(27)28-7-3)15-22(21)25-16-18-11-13-24-14-12-18/h5,9-15,17,19,25-26H,1,6-8,16H2,2-4H3. The number of allylic oxidation sites excluding steroid dienone is 1. The van der Waals surface area contributed by atoms with Crippen molar-refractivity contribution in [1.82, 2.24) is 4.98 Å². The lowest BCUT2D eigenvalue weighted by atomic mass is 9.94. The van der Waals surface area contributed by atoms with Crippen LogP contribution in [0.2, 0.25) is 0 Å².